The van der Waals surface area contributed by atoms with E-state index in [1.165, 1.54) is 11.8 Å². The molecule has 0 fully saturated rings. The normalized spacial score (nSPS) is 12.0. The number of carbonyl (C=O) groups excluding carboxylic acids is 2. The van der Waals surface area contributed by atoms with Crippen LogP contribution in [0.15, 0.2) is 53.7 Å². The van der Waals surface area contributed by atoms with E-state index in [-0.39, 0.29) is 29.5 Å². The number of methoxy groups -OCH3 is 1. The Labute approximate surface area is 217 Å². The van der Waals surface area contributed by atoms with Gasteiger partial charge in [0, 0.05) is 17.8 Å². The Morgan fingerprint density at radius 2 is 1.72 bits per heavy atom. The van der Waals surface area contributed by atoms with Gasteiger partial charge in [-0.2, -0.15) is 0 Å². The number of nitrogens with one attached hydrogen (secondary N) is 2. The van der Waals surface area contributed by atoms with Crippen LogP contribution in [0.1, 0.15) is 68.3 Å². The van der Waals surface area contributed by atoms with Crippen molar-refractivity contribution in [1.82, 2.24) is 20.1 Å². The summed E-state index contributed by atoms with van der Waals surface area (Å²) >= 11 is 1.33. The summed E-state index contributed by atoms with van der Waals surface area (Å²) in [6.45, 7) is 10.9. The molecule has 3 aromatic rings. The molecular weight excluding hydrogens is 474 g/mol. The van der Waals surface area contributed by atoms with Crippen molar-refractivity contribution in [2.24, 2.45) is 5.92 Å². The molecule has 1 atom stereocenters. The van der Waals surface area contributed by atoms with Crippen LogP contribution < -0.4 is 15.4 Å². The second-order valence-electron chi connectivity index (χ2n) is 9.09. The summed E-state index contributed by atoms with van der Waals surface area (Å²) in [5.74, 6) is 1.65. The lowest BCUT2D eigenvalue weighted by atomic mass is 10.0. The van der Waals surface area contributed by atoms with Gasteiger partial charge in [0.1, 0.15) is 5.75 Å². The van der Waals surface area contributed by atoms with Crippen LogP contribution in [0, 0.1) is 5.92 Å². The molecule has 0 saturated heterocycles. The van der Waals surface area contributed by atoms with E-state index in [9.17, 15) is 9.59 Å². The molecule has 0 bridgehead atoms. The van der Waals surface area contributed by atoms with Gasteiger partial charge in [0.05, 0.1) is 18.9 Å². The number of aromatic nitrogens is 3. The molecule has 2 aromatic carbocycles. The number of thioether (sulfide) groups is 1. The highest BCUT2D eigenvalue weighted by atomic mass is 32.2. The van der Waals surface area contributed by atoms with E-state index < -0.39 is 0 Å². The van der Waals surface area contributed by atoms with Crippen LogP contribution in [0.25, 0.3) is 0 Å². The number of anilines is 1. The molecule has 0 unspecified atom stereocenters. The van der Waals surface area contributed by atoms with Crippen LogP contribution in [-0.2, 0) is 11.3 Å². The van der Waals surface area contributed by atoms with Crippen molar-refractivity contribution in [2.45, 2.75) is 58.3 Å². The number of carbonyl (C=O) groups is 2. The molecule has 0 saturated carbocycles. The molecule has 8 nitrogen and oxygen atoms in total. The quantitative estimate of drug-likeness (QED) is 0.341. The van der Waals surface area contributed by atoms with E-state index in [1.54, 1.807) is 31.4 Å². The first-order valence-electron chi connectivity index (χ1n) is 12.1. The molecule has 0 aliphatic rings. The van der Waals surface area contributed by atoms with Crippen LogP contribution in [0.2, 0.25) is 0 Å². The van der Waals surface area contributed by atoms with Crippen molar-refractivity contribution in [2.75, 3.05) is 18.2 Å². The van der Waals surface area contributed by atoms with Crippen molar-refractivity contribution in [3.63, 3.8) is 0 Å². The smallest absolute Gasteiger partial charge is 0.251 e. The Morgan fingerprint density at radius 1 is 1.03 bits per heavy atom. The third-order valence-corrected chi connectivity index (χ3v) is 6.80. The summed E-state index contributed by atoms with van der Waals surface area (Å²) in [4.78, 5) is 25.6. The standard InChI is InChI=1S/C27H35N5O3S/c1-7-32-25(24(18(4)5)29-26(34)19-12-14-20(35-6)15-13-19)30-31-27(32)36-16-23(33)28-22-11-9-8-10-21(22)17(2)3/h8-15,17-18,24H,7,16H2,1-6H3,(H,28,33)(H,29,34)/t24-/m0/s1. The zero-order valence-corrected chi connectivity index (χ0v) is 22.6. The highest BCUT2D eigenvalue weighted by Gasteiger charge is 2.26. The maximum Gasteiger partial charge on any atom is 0.251 e. The number of benzene rings is 2. The molecule has 192 valence electrons. The Hall–Kier alpha value is -3.33. The third-order valence-electron chi connectivity index (χ3n) is 5.83. The largest absolute Gasteiger partial charge is 0.497 e. The highest BCUT2D eigenvalue weighted by molar-refractivity contribution is 7.99. The molecular formula is C27H35N5O3S. The number of hydrogen-bond acceptors (Lipinski definition) is 6. The summed E-state index contributed by atoms with van der Waals surface area (Å²) in [6.07, 6.45) is 0. The van der Waals surface area contributed by atoms with Crippen molar-refractivity contribution >= 4 is 29.3 Å². The van der Waals surface area contributed by atoms with Gasteiger partial charge in [-0.3, -0.25) is 9.59 Å². The summed E-state index contributed by atoms with van der Waals surface area (Å²) in [7, 11) is 1.59. The predicted molar refractivity (Wildman–Crippen MR) is 144 cm³/mol. The van der Waals surface area contributed by atoms with Crippen LogP contribution in [0.3, 0.4) is 0 Å². The number of hydrogen-bond donors (Lipinski definition) is 2. The maximum atomic E-state index is 12.9. The van der Waals surface area contributed by atoms with Gasteiger partial charge in [-0.05, 0) is 54.7 Å². The van der Waals surface area contributed by atoms with E-state index in [2.05, 4.69) is 34.7 Å². The summed E-state index contributed by atoms with van der Waals surface area (Å²) < 4.78 is 7.13. The lowest BCUT2D eigenvalue weighted by Gasteiger charge is -2.22. The molecule has 0 spiro atoms. The highest BCUT2D eigenvalue weighted by Crippen LogP contribution is 2.27. The van der Waals surface area contributed by atoms with Crippen molar-refractivity contribution in [1.29, 1.82) is 0 Å². The van der Waals surface area contributed by atoms with Crippen LogP contribution in [0.5, 0.6) is 5.75 Å². The molecule has 0 aliphatic carbocycles. The summed E-state index contributed by atoms with van der Waals surface area (Å²) in [5.41, 5.74) is 2.47. The summed E-state index contributed by atoms with van der Waals surface area (Å²) in [6, 6.07) is 14.5. The van der Waals surface area contributed by atoms with Crippen LogP contribution >= 0.6 is 11.8 Å². The molecule has 3 rings (SSSR count). The fourth-order valence-corrected chi connectivity index (χ4v) is 4.67. The van der Waals surface area contributed by atoms with E-state index in [0.717, 1.165) is 11.3 Å². The fourth-order valence-electron chi connectivity index (χ4n) is 3.86. The predicted octanol–water partition coefficient (Wildman–Crippen LogP) is 5.29. The lowest BCUT2D eigenvalue weighted by Crippen LogP contribution is -2.33. The van der Waals surface area contributed by atoms with Gasteiger partial charge in [-0.25, -0.2) is 0 Å². The second-order valence-corrected chi connectivity index (χ2v) is 10.0. The van der Waals surface area contributed by atoms with Crippen molar-refractivity contribution < 1.29 is 14.3 Å². The molecule has 1 heterocycles. The SMILES string of the molecule is CCn1c(SCC(=O)Nc2ccccc2C(C)C)nnc1[C@@H](NC(=O)c1ccc(OC)cc1)C(C)C. The first kappa shape index (κ1) is 27.3. The minimum atomic E-state index is -0.340. The lowest BCUT2D eigenvalue weighted by molar-refractivity contribution is -0.113. The van der Waals surface area contributed by atoms with Gasteiger partial charge in [0.15, 0.2) is 11.0 Å². The third kappa shape index (κ3) is 6.66. The topological polar surface area (TPSA) is 98.1 Å². The Morgan fingerprint density at radius 3 is 2.33 bits per heavy atom. The van der Waals surface area contributed by atoms with Crippen LogP contribution in [-0.4, -0.2) is 39.4 Å². The Balaban J connectivity index is 1.71. The molecule has 2 amide bonds. The average Bonchev–Trinajstić information content (AvgIpc) is 3.28. The molecule has 0 radical (unpaired) electrons. The Kier molecular flexibility index (Phi) is 9.52. The number of nitrogens with zero attached hydrogens (tertiary/aromatic N) is 3. The second kappa shape index (κ2) is 12.6. The van der Waals surface area contributed by atoms with Crippen molar-refractivity contribution in [3.8, 4) is 5.75 Å². The van der Waals surface area contributed by atoms with Gasteiger partial charge < -0.3 is 19.9 Å². The van der Waals surface area contributed by atoms with E-state index >= 15 is 0 Å². The van der Waals surface area contributed by atoms with E-state index in [1.807, 2.05) is 49.6 Å². The number of ether oxygens (including phenoxy) is 1. The van der Waals surface area contributed by atoms with Gasteiger partial charge >= 0.3 is 0 Å². The van der Waals surface area contributed by atoms with E-state index in [4.69, 9.17) is 4.74 Å². The monoisotopic (exact) mass is 509 g/mol. The number of para-hydroxylation sites is 1. The minimum absolute atomic E-state index is 0.0791. The molecule has 9 heteroatoms. The number of rotatable bonds is 11. The molecule has 2 N–H and O–H groups in total. The van der Waals surface area contributed by atoms with E-state index in [0.29, 0.717) is 34.8 Å². The summed E-state index contributed by atoms with van der Waals surface area (Å²) in [5, 5.41) is 15.5. The number of amides is 2. The molecule has 1 aromatic heterocycles. The van der Waals surface area contributed by atoms with Crippen LogP contribution in [0.4, 0.5) is 5.69 Å². The average molecular weight is 510 g/mol. The maximum absolute atomic E-state index is 12.9. The fraction of sp³-hybridized carbons (Fsp3) is 0.407. The first-order valence-corrected chi connectivity index (χ1v) is 13.1. The molecule has 0 aliphatic heterocycles. The Bertz CT molecular complexity index is 1170. The zero-order chi connectivity index (χ0) is 26.2. The first-order chi connectivity index (χ1) is 17.2. The van der Waals surface area contributed by atoms with Gasteiger partial charge in [0.25, 0.3) is 5.91 Å². The van der Waals surface area contributed by atoms with Gasteiger partial charge in [-0.15, -0.1) is 10.2 Å². The van der Waals surface area contributed by atoms with Crippen molar-refractivity contribution in [3.05, 3.63) is 65.5 Å². The minimum Gasteiger partial charge on any atom is -0.497 e. The zero-order valence-electron chi connectivity index (χ0n) is 21.7. The molecule has 36 heavy (non-hydrogen) atoms. The van der Waals surface area contributed by atoms with Gasteiger partial charge in [-0.1, -0.05) is 57.7 Å². The van der Waals surface area contributed by atoms with Gasteiger partial charge in [0.2, 0.25) is 5.91 Å².